The molecule has 0 unspecified atom stereocenters. The van der Waals surface area contributed by atoms with E-state index in [9.17, 15) is 0 Å². The number of piperidine rings is 1. The first-order valence-corrected chi connectivity index (χ1v) is 7.49. The van der Waals surface area contributed by atoms with E-state index in [-0.39, 0.29) is 0 Å². The smallest absolute Gasteiger partial charge is 0.185 e. The molecule has 0 amide bonds. The summed E-state index contributed by atoms with van der Waals surface area (Å²) in [4.78, 5) is 7.15. The molecule has 2 nitrogen and oxygen atoms in total. The Morgan fingerprint density at radius 1 is 1.12 bits per heavy atom. The van der Waals surface area contributed by atoms with Crippen LogP contribution in [0.5, 0.6) is 0 Å². The Kier molecular flexibility index (Phi) is 2.93. The lowest BCUT2D eigenvalue weighted by atomic mass is 10.1. The fourth-order valence-electron chi connectivity index (χ4n) is 2.04. The van der Waals surface area contributed by atoms with Crippen LogP contribution in [0.15, 0.2) is 22.2 Å². The van der Waals surface area contributed by atoms with Gasteiger partial charge in [-0.1, -0.05) is 0 Å². The highest BCUT2D eigenvalue weighted by Gasteiger charge is 2.14. The third-order valence-corrected chi connectivity index (χ3v) is 4.52. The predicted octanol–water partition coefficient (Wildman–Crippen LogP) is 3.86. The molecular weight excluding hydrogens is 236 g/mol. The van der Waals surface area contributed by atoms with Gasteiger partial charge in [-0.15, -0.1) is 11.3 Å². The molecule has 1 aliphatic heterocycles. The number of hydrogen-bond donors (Lipinski definition) is 0. The Hall–Kier alpha value is -0.870. The van der Waals surface area contributed by atoms with Crippen molar-refractivity contribution in [3.05, 3.63) is 22.2 Å². The van der Waals surface area contributed by atoms with E-state index in [0.29, 0.717) is 0 Å². The number of thiophene rings is 1. The molecule has 0 atom stereocenters. The highest BCUT2D eigenvalue weighted by molar-refractivity contribution is 7.14. The van der Waals surface area contributed by atoms with Gasteiger partial charge in [0, 0.05) is 29.4 Å². The standard InChI is InChI=1S/C12H14N2S2/c1-2-5-14(6-3-1)12-13-11(9-16-12)10-4-7-15-8-10/h4,7-9H,1-3,5-6H2. The zero-order valence-corrected chi connectivity index (χ0v) is 10.7. The van der Waals surface area contributed by atoms with E-state index in [1.165, 1.54) is 43.0 Å². The third kappa shape index (κ3) is 1.99. The monoisotopic (exact) mass is 250 g/mol. The van der Waals surface area contributed by atoms with Crippen molar-refractivity contribution in [2.24, 2.45) is 0 Å². The SMILES string of the molecule is c1cc(-c2csc(N3CCCCC3)n2)cs1. The minimum atomic E-state index is 1.13. The molecule has 3 heterocycles. The van der Waals surface area contributed by atoms with Gasteiger partial charge < -0.3 is 4.90 Å². The molecule has 1 fully saturated rings. The van der Waals surface area contributed by atoms with Crippen LogP contribution in [0.4, 0.5) is 5.13 Å². The molecule has 16 heavy (non-hydrogen) atoms. The van der Waals surface area contributed by atoms with Crippen LogP contribution >= 0.6 is 22.7 Å². The Morgan fingerprint density at radius 2 is 2.00 bits per heavy atom. The van der Waals surface area contributed by atoms with Gasteiger partial charge >= 0.3 is 0 Å². The Labute approximate surface area is 104 Å². The topological polar surface area (TPSA) is 16.1 Å². The van der Waals surface area contributed by atoms with Crippen LogP contribution in [-0.2, 0) is 0 Å². The molecule has 3 rings (SSSR count). The maximum atomic E-state index is 4.73. The van der Waals surface area contributed by atoms with Crippen LogP contribution in [0.3, 0.4) is 0 Å². The van der Waals surface area contributed by atoms with Gasteiger partial charge in [-0.3, -0.25) is 0 Å². The van der Waals surface area contributed by atoms with Gasteiger partial charge in [0.15, 0.2) is 5.13 Å². The van der Waals surface area contributed by atoms with Gasteiger partial charge in [0.25, 0.3) is 0 Å². The molecule has 0 bridgehead atoms. The first kappa shape index (κ1) is 10.3. The lowest BCUT2D eigenvalue weighted by molar-refractivity contribution is 0.577. The van der Waals surface area contributed by atoms with Crippen molar-refractivity contribution >= 4 is 27.8 Å². The van der Waals surface area contributed by atoms with Crippen molar-refractivity contribution in [3.63, 3.8) is 0 Å². The quantitative estimate of drug-likeness (QED) is 0.804. The van der Waals surface area contributed by atoms with Crippen molar-refractivity contribution in [1.29, 1.82) is 0 Å². The number of rotatable bonds is 2. The van der Waals surface area contributed by atoms with E-state index in [4.69, 9.17) is 4.98 Å². The Balaban J connectivity index is 1.82. The van der Waals surface area contributed by atoms with Gasteiger partial charge in [0.1, 0.15) is 0 Å². The van der Waals surface area contributed by atoms with Gasteiger partial charge in [-0.2, -0.15) is 11.3 Å². The third-order valence-electron chi connectivity index (χ3n) is 2.94. The van der Waals surface area contributed by atoms with Crippen LogP contribution in [0.2, 0.25) is 0 Å². The van der Waals surface area contributed by atoms with Crippen molar-refractivity contribution in [3.8, 4) is 11.3 Å². The summed E-state index contributed by atoms with van der Waals surface area (Å²) < 4.78 is 0. The molecule has 0 aromatic carbocycles. The first-order chi connectivity index (χ1) is 7.93. The summed E-state index contributed by atoms with van der Waals surface area (Å²) in [6.07, 6.45) is 4.00. The Morgan fingerprint density at radius 3 is 2.75 bits per heavy atom. The fourth-order valence-corrected chi connectivity index (χ4v) is 3.58. The van der Waals surface area contributed by atoms with Gasteiger partial charge in [0.2, 0.25) is 0 Å². The average Bonchev–Trinajstić information content (AvgIpc) is 3.01. The summed E-state index contributed by atoms with van der Waals surface area (Å²) in [5, 5.41) is 7.64. The lowest BCUT2D eigenvalue weighted by Crippen LogP contribution is -2.29. The molecule has 0 N–H and O–H groups in total. The van der Waals surface area contributed by atoms with E-state index < -0.39 is 0 Å². The maximum absolute atomic E-state index is 4.73. The van der Waals surface area contributed by atoms with Crippen molar-refractivity contribution in [2.45, 2.75) is 19.3 Å². The van der Waals surface area contributed by atoms with E-state index >= 15 is 0 Å². The molecule has 4 heteroatoms. The van der Waals surface area contributed by atoms with Crippen molar-refractivity contribution in [1.82, 2.24) is 4.98 Å². The number of aromatic nitrogens is 1. The summed E-state index contributed by atoms with van der Waals surface area (Å²) in [5.74, 6) is 0. The van der Waals surface area contributed by atoms with Gasteiger partial charge in [-0.25, -0.2) is 4.98 Å². The number of thiazole rings is 1. The van der Waals surface area contributed by atoms with E-state index in [1.54, 1.807) is 22.7 Å². The van der Waals surface area contributed by atoms with Crippen molar-refractivity contribution in [2.75, 3.05) is 18.0 Å². The number of anilines is 1. The molecule has 0 saturated carbocycles. The molecule has 84 valence electrons. The van der Waals surface area contributed by atoms with Crippen LogP contribution in [0, 0.1) is 0 Å². The second-order valence-corrected chi connectivity index (χ2v) is 5.69. The van der Waals surface area contributed by atoms with E-state index in [1.807, 2.05) is 0 Å². The van der Waals surface area contributed by atoms with E-state index in [0.717, 1.165) is 5.69 Å². The van der Waals surface area contributed by atoms with Crippen LogP contribution in [0.1, 0.15) is 19.3 Å². The zero-order chi connectivity index (χ0) is 10.8. The number of hydrogen-bond acceptors (Lipinski definition) is 4. The molecule has 0 aliphatic carbocycles. The largest absolute Gasteiger partial charge is 0.348 e. The van der Waals surface area contributed by atoms with Gasteiger partial charge in [-0.05, 0) is 30.7 Å². The Bertz CT molecular complexity index is 441. The molecular formula is C12H14N2S2. The molecule has 2 aromatic rings. The summed E-state index contributed by atoms with van der Waals surface area (Å²) in [7, 11) is 0. The molecule has 1 saturated heterocycles. The lowest BCUT2D eigenvalue weighted by Gasteiger charge is -2.25. The maximum Gasteiger partial charge on any atom is 0.185 e. The highest BCUT2D eigenvalue weighted by Crippen LogP contribution is 2.29. The summed E-state index contributed by atoms with van der Waals surface area (Å²) in [5.41, 5.74) is 2.39. The number of nitrogens with zero attached hydrogens (tertiary/aromatic N) is 2. The van der Waals surface area contributed by atoms with Crippen LogP contribution < -0.4 is 4.90 Å². The van der Waals surface area contributed by atoms with Crippen molar-refractivity contribution < 1.29 is 0 Å². The van der Waals surface area contributed by atoms with Crippen LogP contribution in [0.25, 0.3) is 11.3 Å². The zero-order valence-electron chi connectivity index (χ0n) is 9.06. The molecule has 2 aromatic heterocycles. The average molecular weight is 250 g/mol. The minimum absolute atomic E-state index is 1.13. The highest BCUT2D eigenvalue weighted by atomic mass is 32.1. The normalized spacial score (nSPS) is 16.6. The summed E-state index contributed by atoms with van der Waals surface area (Å²) in [6, 6.07) is 2.14. The molecule has 1 aliphatic rings. The fraction of sp³-hybridized carbons (Fsp3) is 0.417. The van der Waals surface area contributed by atoms with Crippen LogP contribution in [-0.4, -0.2) is 18.1 Å². The second kappa shape index (κ2) is 4.55. The van der Waals surface area contributed by atoms with Gasteiger partial charge in [0.05, 0.1) is 5.69 Å². The predicted molar refractivity (Wildman–Crippen MR) is 71.5 cm³/mol. The summed E-state index contributed by atoms with van der Waals surface area (Å²) >= 11 is 3.50. The molecule has 0 spiro atoms. The van der Waals surface area contributed by atoms with E-state index in [2.05, 4.69) is 27.1 Å². The molecule has 0 radical (unpaired) electrons. The first-order valence-electron chi connectivity index (χ1n) is 5.66. The summed E-state index contributed by atoms with van der Waals surface area (Å²) in [6.45, 7) is 2.35. The second-order valence-electron chi connectivity index (χ2n) is 4.08. The minimum Gasteiger partial charge on any atom is -0.348 e.